The molecule has 0 spiro atoms. The zero-order valence-electron chi connectivity index (χ0n) is 9.52. The number of carbonyl (C=O) groups is 1. The summed E-state index contributed by atoms with van der Waals surface area (Å²) in [5.74, 6) is -0.738. The van der Waals surface area contributed by atoms with Gasteiger partial charge in [0.1, 0.15) is 0 Å². The van der Waals surface area contributed by atoms with Crippen molar-refractivity contribution in [1.82, 2.24) is 4.90 Å². The maximum Gasteiger partial charge on any atom is 0.260 e. The Bertz CT molecular complexity index is 429. The number of amides is 1. The van der Waals surface area contributed by atoms with Crippen LogP contribution in [0, 0.1) is 17.1 Å². The summed E-state index contributed by atoms with van der Waals surface area (Å²) in [6, 6.07) is 7.83. The van der Waals surface area contributed by atoms with E-state index in [2.05, 4.69) is 0 Å². The number of nitrogens with zero attached hydrogens (tertiary/aromatic N) is 2. The number of carbonyl (C=O) groups excluding carboxylic acids is 1. The van der Waals surface area contributed by atoms with E-state index in [9.17, 15) is 9.18 Å². The van der Waals surface area contributed by atoms with Gasteiger partial charge in [0.15, 0.2) is 18.2 Å². The molecular formula is C12H13FN2O2. The number of likely N-dealkylation sites (N-methyl/N-ethyl adjacent to an activating group) is 1. The predicted octanol–water partition coefficient (Wildman–Crippen LogP) is 1.58. The Hall–Kier alpha value is -2.09. The highest BCUT2D eigenvalue weighted by molar-refractivity contribution is 5.77. The number of hydrogen-bond donors (Lipinski definition) is 0. The number of hydrogen-bond acceptors (Lipinski definition) is 3. The maximum atomic E-state index is 13.2. The largest absolute Gasteiger partial charge is 0.481 e. The van der Waals surface area contributed by atoms with E-state index in [4.69, 9.17) is 10.00 Å². The normalized spacial score (nSPS) is 9.47. The fourth-order valence-electron chi connectivity index (χ4n) is 1.15. The lowest BCUT2D eigenvalue weighted by Gasteiger charge is -2.15. The second-order valence-electron chi connectivity index (χ2n) is 3.44. The lowest BCUT2D eigenvalue weighted by Crippen LogP contribution is -2.32. The smallest absolute Gasteiger partial charge is 0.260 e. The molecule has 1 rings (SSSR count). The molecule has 0 bridgehead atoms. The van der Waals surface area contributed by atoms with Gasteiger partial charge in [-0.15, -0.1) is 0 Å². The molecule has 1 amide bonds. The first-order valence-electron chi connectivity index (χ1n) is 5.13. The van der Waals surface area contributed by atoms with Crippen molar-refractivity contribution < 1.29 is 13.9 Å². The predicted molar refractivity (Wildman–Crippen MR) is 59.8 cm³/mol. The summed E-state index contributed by atoms with van der Waals surface area (Å²) in [5, 5.41) is 8.37. The van der Waals surface area contributed by atoms with Crippen LogP contribution in [0.5, 0.6) is 5.75 Å². The minimum absolute atomic E-state index is 0.0505. The molecule has 0 saturated heterocycles. The van der Waals surface area contributed by atoms with Gasteiger partial charge in [0.05, 0.1) is 12.5 Å². The number of benzene rings is 1. The molecule has 0 N–H and O–H groups in total. The summed E-state index contributed by atoms with van der Waals surface area (Å²) in [7, 11) is 1.57. The van der Waals surface area contributed by atoms with Crippen LogP contribution in [-0.2, 0) is 4.79 Å². The molecule has 0 aliphatic heterocycles. The molecular weight excluding hydrogens is 223 g/mol. The highest BCUT2D eigenvalue weighted by Gasteiger charge is 2.10. The quantitative estimate of drug-likeness (QED) is 0.779. The molecule has 0 radical (unpaired) electrons. The minimum atomic E-state index is -0.500. The second kappa shape index (κ2) is 6.48. The molecule has 0 aliphatic rings. The van der Waals surface area contributed by atoms with Gasteiger partial charge in [-0.2, -0.15) is 5.26 Å². The van der Waals surface area contributed by atoms with Crippen molar-refractivity contribution in [2.45, 2.75) is 6.42 Å². The van der Waals surface area contributed by atoms with E-state index in [1.165, 1.54) is 17.0 Å². The lowest BCUT2D eigenvalue weighted by atomic mass is 10.3. The van der Waals surface area contributed by atoms with E-state index in [1.807, 2.05) is 6.07 Å². The van der Waals surface area contributed by atoms with E-state index in [0.29, 0.717) is 6.54 Å². The Kier molecular flexibility index (Phi) is 4.95. The van der Waals surface area contributed by atoms with E-state index in [1.54, 1.807) is 19.2 Å². The fraction of sp³-hybridized carbons (Fsp3) is 0.333. The topological polar surface area (TPSA) is 53.3 Å². The Morgan fingerprint density at radius 3 is 2.88 bits per heavy atom. The van der Waals surface area contributed by atoms with Crippen LogP contribution in [0.3, 0.4) is 0 Å². The molecule has 4 nitrogen and oxygen atoms in total. The zero-order chi connectivity index (χ0) is 12.7. The fourth-order valence-corrected chi connectivity index (χ4v) is 1.15. The Labute approximate surface area is 99.2 Å². The van der Waals surface area contributed by atoms with Crippen LogP contribution in [-0.4, -0.2) is 31.0 Å². The Morgan fingerprint density at radius 1 is 1.53 bits per heavy atom. The summed E-state index contributed by atoms with van der Waals surface area (Å²) in [6.07, 6.45) is 0.266. The zero-order valence-corrected chi connectivity index (χ0v) is 9.52. The van der Waals surface area contributed by atoms with Crippen LogP contribution >= 0.6 is 0 Å². The average Bonchev–Trinajstić information content (AvgIpc) is 2.34. The maximum absolute atomic E-state index is 13.2. The van der Waals surface area contributed by atoms with Crippen LogP contribution in [0.15, 0.2) is 24.3 Å². The van der Waals surface area contributed by atoms with Gasteiger partial charge in [-0.1, -0.05) is 12.1 Å². The SMILES string of the molecule is CN(CCC#N)C(=O)COc1ccccc1F. The molecule has 0 aliphatic carbocycles. The number of halogens is 1. The Balaban J connectivity index is 2.43. The minimum Gasteiger partial charge on any atom is -0.481 e. The van der Waals surface area contributed by atoms with E-state index >= 15 is 0 Å². The van der Waals surface area contributed by atoms with Gasteiger partial charge in [-0.05, 0) is 12.1 Å². The highest BCUT2D eigenvalue weighted by Crippen LogP contribution is 2.15. The number of para-hydroxylation sites is 1. The summed E-state index contributed by atoms with van der Waals surface area (Å²) in [6.45, 7) is 0.110. The van der Waals surface area contributed by atoms with Gasteiger partial charge < -0.3 is 9.64 Å². The molecule has 1 aromatic carbocycles. The van der Waals surface area contributed by atoms with Crippen LogP contribution in [0.2, 0.25) is 0 Å². The number of nitriles is 1. The molecule has 1 aromatic rings. The van der Waals surface area contributed by atoms with Crippen molar-refractivity contribution in [2.75, 3.05) is 20.2 Å². The third-order valence-electron chi connectivity index (χ3n) is 2.17. The lowest BCUT2D eigenvalue weighted by molar-refractivity contribution is -0.132. The van der Waals surface area contributed by atoms with Crippen LogP contribution in [0.25, 0.3) is 0 Å². The molecule has 0 aromatic heterocycles. The van der Waals surface area contributed by atoms with Gasteiger partial charge in [0.25, 0.3) is 5.91 Å². The van der Waals surface area contributed by atoms with Gasteiger partial charge in [-0.3, -0.25) is 4.79 Å². The van der Waals surface area contributed by atoms with E-state index in [0.717, 1.165) is 0 Å². The number of ether oxygens (including phenoxy) is 1. The molecule has 5 heteroatoms. The van der Waals surface area contributed by atoms with Crippen LogP contribution in [0.4, 0.5) is 4.39 Å². The molecule has 90 valence electrons. The molecule has 0 saturated carbocycles. The van der Waals surface area contributed by atoms with Gasteiger partial charge in [-0.25, -0.2) is 4.39 Å². The van der Waals surface area contributed by atoms with Gasteiger partial charge >= 0.3 is 0 Å². The molecule has 0 atom stereocenters. The first-order valence-corrected chi connectivity index (χ1v) is 5.13. The summed E-state index contributed by atoms with van der Waals surface area (Å²) in [4.78, 5) is 12.9. The van der Waals surface area contributed by atoms with Crippen LogP contribution < -0.4 is 4.74 Å². The van der Waals surface area contributed by atoms with E-state index < -0.39 is 5.82 Å². The molecule has 0 unspecified atom stereocenters. The van der Waals surface area contributed by atoms with Crippen molar-refractivity contribution in [3.05, 3.63) is 30.1 Å². The van der Waals surface area contributed by atoms with Crippen molar-refractivity contribution >= 4 is 5.91 Å². The third kappa shape index (κ3) is 4.11. The van der Waals surface area contributed by atoms with Crippen LogP contribution in [0.1, 0.15) is 6.42 Å². The molecule has 0 heterocycles. The van der Waals surface area contributed by atoms with E-state index in [-0.39, 0.29) is 24.7 Å². The standard InChI is InChI=1S/C12H13FN2O2/c1-15(8-4-7-14)12(16)9-17-11-6-3-2-5-10(11)13/h2-3,5-6H,4,8-9H2,1H3. The monoisotopic (exact) mass is 236 g/mol. The van der Waals surface area contributed by atoms with Crippen molar-refractivity contribution in [3.8, 4) is 11.8 Å². The highest BCUT2D eigenvalue weighted by atomic mass is 19.1. The second-order valence-corrected chi connectivity index (χ2v) is 3.44. The summed E-state index contributed by atoms with van der Waals surface area (Å²) < 4.78 is 18.2. The van der Waals surface area contributed by atoms with Gasteiger partial charge in [0.2, 0.25) is 0 Å². The van der Waals surface area contributed by atoms with Gasteiger partial charge in [0, 0.05) is 13.6 Å². The first-order chi connectivity index (χ1) is 8.15. The van der Waals surface area contributed by atoms with Crippen molar-refractivity contribution in [3.63, 3.8) is 0 Å². The average molecular weight is 236 g/mol. The van der Waals surface area contributed by atoms with Crippen molar-refractivity contribution in [2.24, 2.45) is 0 Å². The summed E-state index contributed by atoms with van der Waals surface area (Å²) >= 11 is 0. The molecule has 0 fully saturated rings. The Morgan fingerprint density at radius 2 is 2.24 bits per heavy atom. The first kappa shape index (κ1) is 13.0. The third-order valence-corrected chi connectivity index (χ3v) is 2.17. The number of rotatable bonds is 5. The molecule has 17 heavy (non-hydrogen) atoms. The summed E-state index contributed by atoms with van der Waals surface area (Å²) in [5.41, 5.74) is 0. The van der Waals surface area contributed by atoms with Crippen molar-refractivity contribution in [1.29, 1.82) is 5.26 Å².